The fraction of sp³-hybridized carbons (Fsp3) is 0.417. The van der Waals surface area contributed by atoms with Crippen molar-refractivity contribution in [3.8, 4) is 5.88 Å². The van der Waals surface area contributed by atoms with Crippen LogP contribution in [0.1, 0.15) is 35.3 Å². The van der Waals surface area contributed by atoms with Crippen LogP contribution in [-0.4, -0.2) is 59.7 Å². The number of ether oxygens (including phenoxy) is 1. The van der Waals surface area contributed by atoms with Crippen LogP contribution in [0.3, 0.4) is 0 Å². The highest BCUT2D eigenvalue weighted by Crippen LogP contribution is 2.40. The van der Waals surface area contributed by atoms with E-state index in [1.165, 1.54) is 0 Å². The summed E-state index contributed by atoms with van der Waals surface area (Å²) in [6.07, 6.45) is 3.24. The Morgan fingerprint density at radius 2 is 1.97 bits per heavy atom. The standard InChI is InChI=1S/C24H28ClN7O2/c1-14-11-32(12-14)13-18-22(25)17-8-16(6-7-19(17)28-23(18)34-5)24(33,21-10-27-29-31(21)4)20-9-26-15(2)30(20)3/h6-10,14,33H,11-13H2,1-5H3. The molecule has 1 aromatic carbocycles. The normalized spacial score (nSPS) is 16.6. The van der Waals surface area contributed by atoms with E-state index in [0.29, 0.717) is 45.8 Å². The molecule has 1 aliphatic rings. The SMILES string of the molecule is COc1nc2ccc(C(O)(c3cnnn3C)c3cnc(C)n3C)cc2c(Cl)c1CN1CC(C)C1. The fourth-order valence-electron chi connectivity index (χ4n) is 4.84. The van der Waals surface area contributed by atoms with Gasteiger partial charge in [0.25, 0.3) is 0 Å². The Bertz CT molecular complexity index is 1380. The smallest absolute Gasteiger partial charge is 0.219 e. The summed E-state index contributed by atoms with van der Waals surface area (Å²) >= 11 is 6.97. The number of hydrogen-bond donors (Lipinski definition) is 1. The first-order chi connectivity index (χ1) is 16.2. The first-order valence-electron chi connectivity index (χ1n) is 11.2. The lowest BCUT2D eigenvalue weighted by molar-refractivity contribution is 0.103. The largest absolute Gasteiger partial charge is 0.481 e. The van der Waals surface area contributed by atoms with Crippen LogP contribution in [0.4, 0.5) is 0 Å². The molecule has 1 unspecified atom stereocenters. The van der Waals surface area contributed by atoms with Crippen molar-refractivity contribution in [2.45, 2.75) is 26.0 Å². The van der Waals surface area contributed by atoms with E-state index in [-0.39, 0.29) is 0 Å². The van der Waals surface area contributed by atoms with Crippen LogP contribution in [0.25, 0.3) is 10.9 Å². The van der Waals surface area contributed by atoms with Gasteiger partial charge in [0.15, 0.2) is 5.60 Å². The third-order valence-electron chi connectivity index (χ3n) is 6.79. The Labute approximate surface area is 202 Å². The lowest BCUT2D eigenvalue weighted by atomic mass is 9.86. The van der Waals surface area contributed by atoms with E-state index >= 15 is 0 Å². The Balaban J connectivity index is 1.70. The lowest BCUT2D eigenvalue weighted by Gasteiger charge is -2.37. The number of imidazole rings is 1. The maximum Gasteiger partial charge on any atom is 0.219 e. The number of likely N-dealkylation sites (tertiary alicyclic amines) is 1. The molecule has 0 saturated carbocycles. The molecule has 4 heterocycles. The minimum absolute atomic E-state index is 0.516. The third kappa shape index (κ3) is 3.46. The minimum Gasteiger partial charge on any atom is -0.481 e. The van der Waals surface area contributed by atoms with Crippen molar-refractivity contribution in [1.29, 1.82) is 0 Å². The van der Waals surface area contributed by atoms with Crippen molar-refractivity contribution >= 4 is 22.5 Å². The van der Waals surface area contributed by atoms with Crippen molar-refractivity contribution < 1.29 is 9.84 Å². The minimum atomic E-state index is -1.56. The summed E-state index contributed by atoms with van der Waals surface area (Å²) in [5, 5.41) is 21.7. The van der Waals surface area contributed by atoms with Gasteiger partial charge in [-0.1, -0.05) is 29.8 Å². The second kappa shape index (κ2) is 8.33. The molecule has 3 aromatic heterocycles. The van der Waals surface area contributed by atoms with Crippen molar-refractivity contribution in [1.82, 2.24) is 34.4 Å². The van der Waals surface area contributed by atoms with Crippen molar-refractivity contribution in [3.05, 3.63) is 64.0 Å². The molecule has 0 aliphatic carbocycles. The highest BCUT2D eigenvalue weighted by Gasteiger charge is 2.40. The second-order valence-corrected chi connectivity index (χ2v) is 9.53. The molecule has 4 aromatic rings. The Morgan fingerprint density at radius 1 is 1.21 bits per heavy atom. The molecule has 178 valence electrons. The van der Waals surface area contributed by atoms with E-state index < -0.39 is 5.60 Å². The van der Waals surface area contributed by atoms with Crippen LogP contribution in [-0.2, 0) is 26.2 Å². The molecule has 9 nitrogen and oxygen atoms in total. The number of rotatable bonds is 6. The highest BCUT2D eigenvalue weighted by atomic mass is 35.5. The van der Waals surface area contributed by atoms with E-state index in [9.17, 15) is 5.11 Å². The number of aromatic nitrogens is 6. The van der Waals surface area contributed by atoms with Crippen LogP contribution >= 0.6 is 11.6 Å². The molecule has 1 N–H and O–H groups in total. The topological polar surface area (TPSA) is 94.1 Å². The van der Waals surface area contributed by atoms with Gasteiger partial charge in [0.1, 0.15) is 11.5 Å². The van der Waals surface area contributed by atoms with Crippen molar-refractivity contribution in [2.75, 3.05) is 20.2 Å². The van der Waals surface area contributed by atoms with Gasteiger partial charge < -0.3 is 14.4 Å². The van der Waals surface area contributed by atoms with Gasteiger partial charge in [-0.2, -0.15) is 0 Å². The number of nitrogens with zero attached hydrogens (tertiary/aromatic N) is 7. The zero-order valence-corrected chi connectivity index (χ0v) is 20.7. The number of hydrogen-bond acceptors (Lipinski definition) is 7. The first kappa shape index (κ1) is 22.8. The third-order valence-corrected chi connectivity index (χ3v) is 7.22. The zero-order chi connectivity index (χ0) is 24.2. The number of aryl methyl sites for hydroxylation is 2. The predicted octanol–water partition coefficient (Wildman–Crippen LogP) is 2.80. The molecule has 5 rings (SSSR count). The van der Waals surface area contributed by atoms with E-state index in [1.807, 2.05) is 36.7 Å². The monoisotopic (exact) mass is 481 g/mol. The summed E-state index contributed by atoms with van der Waals surface area (Å²) in [5.41, 5.74) is 1.72. The molecule has 0 radical (unpaired) electrons. The Kier molecular flexibility index (Phi) is 5.58. The van der Waals surface area contributed by atoms with Gasteiger partial charge >= 0.3 is 0 Å². The summed E-state index contributed by atoms with van der Waals surface area (Å²) < 4.78 is 9.02. The van der Waals surface area contributed by atoms with Gasteiger partial charge in [-0.15, -0.1) is 5.10 Å². The van der Waals surface area contributed by atoms with Crippen LogP contribution in [0.2, 0.25) is 5.02 Å². The molecule has 0 spiro atoms. The van der Waals surface area contributed by atoms with E-state index in [2.05, 4.69) is 27.1 Å². The van der Waals surface area contributed by atoms with E-state index in [0.717, 1.165) is 29.9 Å². The summed E-state index contributed by atoms with van der Waals surface area (Å²) in [6, 6.07) is 5.59. The van der Waals surface area contributed by atoms with E-state index in [4.69, 9.17) is 21.3 Å². The maximum atomic E-state index is 12.3. The van der Waals surface area contributed by atoms with Crippen LogP contribution in [0.5, 0.6) is 5.88 Å². The Hall–Kier alpha value is -3.01. The first-order valence-corrected chi connectivity index (χ1v) is 11.6. The van der Waals surface area contributed by atoms with Gasteiger partial charge in [-0.25, -0.2) is 14.6 Å². The average molecular weight is 482 g/mol. The molecule has 0 amide bonds. The molecule has 1 saturated heterocycles. The maximum absolute atomic E-state index is 12.3. The second-order valence-electron chi connectivity index (χ2n) is 9.15. The molecular weight excluding hydrogens is 454 g/mol. The van der Waals surface area contributed by atoms with E-state index in [1.54, 1.807) is 31.2 Å². The summed E-state index contributed by atoms with van der Waals surface area (Å²) in [5.74, 6) is 1.98. The number of benzene rings is 1. The van der Waals surface area contributed by atoms with Gasteiger partial charge in [-0.05, 0) is 30.5 Å². The fourth-order valence-corrected chi connectivity index (χ4v) is 5.13. The van der Waals surface area contributed by atoms with Gasteiger partial charge in [0, 0.05) is 44.7 Å². The van der Waals surface area contributed by atoms with Gasteiger partial charge in [-0.3, -0.25) is 4.90 Å². The quantitative estimate of drug-likeness (QED) is 0.452. The van der Waals surface area contributed by atoms with Gasteiger partial charge in [0.2, 0.25) is 5.88 Å². The highest BCUT2D eigenvalue weighted by molar-refractivity contribution is 6.36. The van der Waals surface area contributed by atoms with Crippen molar-refractivity contribution in [3.63, 3.8) is 0 Å². The molecule has 10 heteroatoms. The van der Waals surface area contributed by atoms with Crippen LogP contribution in [0, 0.1) is 12.8 Å². The lowest BCUT2D eigenvalue weighted by Crippen LogP contribution is -2.44. The predicted molar refractivity (Wildman–Crippen MR) is 129 cm³/mol. The summed E-state index contributed by atoms with van der Waals surface area (Å²) in [4.78, 5) is 11.5. The Morgan fingerprint density at radius 3 is 2.56 bits per heavy atom. The average Bonchev–Trinajstić information content (AvgIpc) is 3.39. The number of methoxy groups -OCH3 is 1. The zero-order valence-electron chi connectivity index (χ0n) is 19.9. The summed E-state index contributed by atoms with van der Waals surface area (Å²) in [6.45, 7) is 6.82. The molecule has 1 fully saturated rings. The number of halogens is 1. The summed E-state index contributed by atoms with van der Waals surface area (Å²) in [7, 11) is 5.24. The molecule has 1 atom stereocenters. The van der Waals surface area contributed by atoms with Crippen LogP contribution < -0.4 is 4.74 Å². The molecule has 1 aliphatic heterocycles. The molecular formula is C24H28ClN7O2. The molecule has 34 heavy (non-hydrogen) atoms. The number of pyridine rings is 1. The number of fused-ring (bicyclic) bond motifs is 1. The van der Waals surface area contributed by atoms with Crippen LogP contribution in [0.15, 0.2) is 30.6 Å². The van der Waals surface area contributed by atoms with Gasteiger partial charge in [0.05, 0.1) is 35.7 Å². The van der Waals surface area contributed by atoms with Crippen molar-refractivity contribution in [2.24, 2.45) is 20.0 Å². The molecule has 0 bridgehead atoms. The number of aliphatic hydroxyl groups is 1.